The summed E-state index contributed by atoms with van der Waals surface area (Å²) in [5.74, 6) is 2.04. The molecule has 1 aliphatic rings. The van der Waals surface area contributed by atoms with E-state index >= 15 is 0 Å². The first-order valence-electron chi connectivity index (χ1n) is 4.74. The van der Waals surface area contributed by atoms with Crippen LogP contribution in [0, 0.1) is 6.92 Å². The molecule has 0 spiro atoms. The van der Waals surface area contributed by atoms with Crippen molar-refractivity contribution in [1.29, 1.82) is 0 Å². The molecule has 0 aromatic carbocycles. The van der Waals surface area contributed by atoms with Crippen LogP contribution in [0.3, 0.4) is 0 Å². The van der Waals surface area contributed by atoms with Crippen LogP contribution >= 0.6 is 0 Å². The van der Waals surface area contributed by atoms with Crippen molar-refractivity contribution in [3.63, 3.8) is 0 Å². The van der Waals surface area contributed by atoms with E-state index in [0.717, 1.165) is 30.9 Å². The van der Waals surface area contributed by atoms with Crippen molar-refractivity contribution in [2.24, 2.45) is 7.05 Å². The largest absolute Gasteiger partial charge is 0.392 e. The summed E-state index contributed by atoms with van der Waals surface area (Å²) in [6, 6.07) is 0. The lowest BCUT2D eigenvalue weighted by molar-refractivity contribution is 0.159. The van der Waals surface area contributed by atoms with E-state index in [-0.39, 0.29) is 12.0 Å². The van der Waals surface area contributed by atoms with Crippen LogP contribution in [0.25, 0.3) is 0 Å². The zero-order valence-electron chi connectivity index (χ0n) is 8.06. The lowest BCUT2D eigenvalue weighted by Crippen LogP contribution is -2.15. The fraction of sp³-hybridized carbons (Fsp3) is 0.778. The van der Waals surface area contributed by atoms with E-state index in [2.05, 4.69) is 10.2 Å². The molecule has 1 fully saturated rings. The van der Waals surface area contributed by atoms with Gasteiger partial charge in [0.05, 0.1) is 6.10 Å². The average molecular weight is 181 g/mol. The molecule has 1 aromatic rings. The summed E-state index contributed by atoms with van der Waals surface area (Å²) >= 11 is 0. The second kappa shape index (κ2) is 3.10. The summed E-state index contributed by atoms with van der Waals surface area (Å²) in [5, 5.41) is 17.8. The summed E-state index contributed by atoms with van der Waals surface area (Å²) in [4.78, 5) is 0. The molecule has 72 valence electrons. The van der Waals surface area contributed by atoms with Crippen molar-refractivity contribution in [2.45, 2.75) is 38.2 Å². The van der Waals surface area contributed by atoms with Crippen LogP contribution in [-0.2, 0) is 7.05 Å². The Labute approximate surface area is 77.6 Å². The van der Waals surface area contributed by atoms with Gasteiger partial charge in [0.25, 0.3) is 0 Å². The lowest BCUT2D eigenvalue weighted by Gasteiger charge is -2.12. The van der Waals surface area contributed by atoms with Gasteiger partial charge in [-0.25, -0.2) is 0 Å². The minimum atomic E-state index is -0.220. The third-order valence-corrected chi connectivity index (χ3v) is 2.94. The van der Waals surface area contributed by atoms with E-state index in [4.69, 9.17) is 0 Å². The number of aliphatic hydroxyl groups is 1. The van der Waals surface area contributed by atoms with E-state index in [0.29, 0.717) is 0 Å². The standard InChI is InChI=1S/C9H15N3O/c1-6-10-11-9(12(6)2)7-4-3-5-8(7)13/h7-8,13H,3-5H2,1-2H3/t7-,8-/m1/s1. The number of aliphatic hydroxyl groups excluding tert-OH is 1. The molecule has 4 nitrogen and oxygen atoms in total. The van der Waals surface area contributed by atoms with Crippen LogP contribution in [0.2, 0.25) is 0 Å². The Morgan fingerprint density at radius 1 is 1.38 bits per heavy atom. The zero-order valence-corrected chi connectivity index (χ0v) is 8.06. The van der Waals surface area contributed by atoms with Gasteiger partial charge in [-0.1, -0.05) is 6.42 Å². The van der Waals surface area contributed by atoms with Gasteiger partial charge in [-0.2, -0.15) is 0 Å². The first-order valence-corrected chi connectivity index (χ1v) is 4.74. The summed E-state index contributed by atoms with van der Waals surface area (Å²) in [6.45, 7) is 1.93. The Kier molecular flexibility index (Phi) is 2.07. The number of hydrogen-bond acceptors (Lipinski definition) is 3. The van der Waals surface area contributed by atoms with Gasteiger partial charge in [0.15, 0.2) is 0 Å². The molecule has 2 atom stereocenters. The van der Waals surface area contributed by atoms with Gasteiger partial charge < -0.3 is 9.67 Å². The normalized spacial score (nSPS) is 28.2. The topological polar surface area (TPSA) is 50.9 Å². The quantitative estimate of drug-likeness (QED) is 0.695. The number of nitrogens with zero attached hydrogens (tertiary/aromatic N) is 3. The van der Waals surface area contributed by atoms with E-state index in [1.807, 2.05) is 18.5 Å². The highest BCUT2D eigenvalue weighted by atomic mass is 16.3. The number of rotatable bonds is 1. The van der Waals surface area contributed by atoms with Crippen molar-refractivity contribution in [2.75, 3.05) is 0 Å². The van der Waals surface area contributed by atoms with Gasteiger partial charge >= 0.3 is 0 Å². The molecule has 13 heavy (non-hydrogen) atoms. The molecule has 0 saturated heterocycles. The Hall–Kier alpha value is -0.900. The predicted octanol–water partition coefficient (Wildman–Crippen LogP) is 0.752. The molecule has 1 N–H and O–H groups in total. The Balaban J connectivity index is 2.29. The minimum absolute atomic E-state index is 0.200. The molecule has 1 heterocycles. The summed E-state index contributed by atoms with van der Waals surface area (Å²) in [7, 11) is 1.95. The van der Waals surface area contributed by atoms with Crippen LogP contribution in [0.4, 0.5) is 0 Å². The van der Waals surface area contributed by atoms with Crippen molar-refractivity contribution in [1.82, 2.24) is 14.8 Å². The molecule has 0 bridgehead atoms. The lowest BCUT2D eigenvalue weighted by atomic mass is 10.1. The van der Waals surface area contributed by atoms with Crippen molar-refractivity contribution in [3.05, 3.63) is 11.6 Å². The molecule has 0 radical (unpaired) electrons. The first kappa shape index (κ1) is 8.69. The van der Waals surface area contributed by atoms with Crippen molar-refractivity contribution < 1.29 is 5.11 Å². The highest BCUT2D eigenvalue weighted by Crippen LogP contribution is 2.33. The van der Waals surface area contributed by atoms with E-state index < -0.39 is 0 Å². The molecule has 2 rings (SSSR count). The van der Waals surface area contributed by atoms with Crippen molar-refractivity contribution >= 4 is 0 Å². The molecule has 4 heteroatoms. The van der Waals surface area contributed by atoms with Gasteiger partial charge in [0, 0.05) is 13.0 Å². The average Bonchev–Trinajstić information content (AvgIpc) is 2.62. The fourth-order valence-electron chi connectivity index (χ4n) is 1.99. The Bertz CT molecular complexity index is 308. The molecular formula is C9H15N3O. The van der Waals surface area contributed by atoms with Crippen LogP contribution in [0.5, 0.6) is 0 Å². The van der Waals surface area contributed by atoms with Crippen LogP contribution in [0.1, 0.15) is 36.8 Å². The molecular weight excluding hydrogens is 166 g/mol. The highest BCUT2D eigenvalue weighted by Gasteiger charge is 2.30. The molecule has 0 aliphatic heterocycles. The van der Waals surface area contributed by atoms with Gasteiger partial charge in [0.1, 0.15) is 11.6 Å². The summed E-state index contributed by atoms with van der Waals surface area (Å²) < 4.78 is 1.97. The maximum atomic E-state index is 9.69. The smallest absolute Gasteiger partial charge is 0.138 e. The maximum Gasteiger partial charge on any atom is 0.138 e. The molecule has 1 aliphatic carbocycles. The van der Waals surface area contributed by atoms with E-state index in [1.165, 1.54) is 0 Å². The predicted molar refractivity (Wildman–Crippen MR) is 48.3 cm³/mol. The second-order valence-corrected chi connectivity index (χ2v) is 3.77. The third-order valence-electron chi connectivity index (χ3n) is 2.94. The first-order chi connectivity index (χ1) is 6.20. The maximum absolute atomic E-state index is 9.69. The fourth-order valence-corrected chi connectivity index (χ4v) is 1.99. The molecule has 1 aromatic heterocycles. The van der Waals surface area contributed by atoms with Gasteiger partial charge in [-0.05, 0) is 19.8 Å². The van der Waals surface area contributed by atoms with E-state index in [1.54, 1.807) is 0 Å². The van der Waals surface area contributed by atoms with Crippen molar-refractivity contribution in [3.8, 4) is 0 Å². The number of aromatic nitrogens is 3. The highest BCUT2D eigenvalue weighted by molar-refractivity contribution is 5.05. The van der Waals surface area contributed by atoms with Gasteiger partial charge in [-0.3, -0.25) is 0 Å². The zero-order chi connectivity index (χ0) is 9.42. The van der Waals surface area contributed by atoms with Gasteiger partial charge in [0.2, 0.25) is 0 Å². The number of aryl methyl sites for hydroxylation is 1. The van der Waals surface area contributed by atoms with Crippen LogP contribution in [-0.4, -0.2) is 26.0 Å². The molecule has 0 amide bonds. The van der Waals surface area contributed by atoms with E-state index in [9.17, 15) is 5.11 Å². The Morgan fingerprint density at radius 3 is 2.62 bits per heavy atom. The summed E-state index contributed by atoms with van der Waals surface area (Å²) in [6.07, 6.45) is 2.81. The monoisotopic (exact) mass is 181 g/mol. The van der Waals surface area contributed by atoms with Crippen LogP contribution in [0.15, 0.2) is 0 Å². The van der Waals surface area contributed by atoms with Gasteiger partial charge in [-0.15, -0.1) is 10.2 Å². The SMILES string of the molecule is Cc1nnc([C@@H]2CCC[C@H]2O)n1C. The second-order valence-electron chi connectivity index (χ2n) is 3.77. The van der Waals surface area contributed by atoms with Crippen LogP contribution < -0.4 is 0 Å². The molecule has 0 unspecified atom stereocenters. The third kappa shape index (κ3) is 1.35. The minimum Gasteiger partial charge on any atom is -0.392 e. The summed E-state index contributed by atoms with van der Waals surface area (Å²) in [5.41, 5.74) is 0. The Morgan fingerprint density at radius 2 is 2.15 bits per heavy atom. The molecule has 1 saturated carbocycles. The number of hydrogen-bond donors (Lipinski definition) is 1.